The maximum atomic E-state index is 12.9. The molecule has 0 fully saturated rings. The van der Waals surface area contributed by atoms with Crippen LogP contribution in [0.1, 0.15) is 380 Å². The quantitative estimate of drug-likeness (QED) is 0.0261. The Morgan fingerprint density at radius 2 is 0.470 bits per heavy atom. The number of ether oxygens (including phenoxy) is 3. The standard InChI is InChI=1S/C77H138O6/c1-4-7-10-13-16-19-22-25-28-30-32-33-34-35-36-37-38-39-40-41-42-43-45-46-49-52-55-58-61-64-67-70-76(79)82-73-74(72-81-75(78)69-66-63-60-57-54-51-48-27-24-21-18-15-12-9-6-3)83-77(80)71-68-65-62-59-56-53-50-47-44-31-29-26-23-20-17-14-11-8-5-2/h8,11,17,20,22,25-26,29-30,32,44,47,74H,4-7,9-10,12-16,18-19,21,23-24,27-28,31,33-43,45-46,48-73H2,1-3H3/b11-8-,20-17-,25-22-,29-26-,32-30-,47-44-. The fourth-order valence-electron chi connectivity index (χ4n) is 10.8. The number of unbranched alkanes of at least 4 members (excludes halogenated alkanes) is 44. The van der Waals surface area contributed by atoms with Crippen molar-refractivity contribution in [3.05, 3.63) is 72.9 Å². The molecule has 0 spiro atoms. The van der Waals surface area contributed by atoms with E-state index >= 15 is 0 Å². The zero-order valence-corrected chi connectivity index (χ0v) is 55.5. The van der Waals surface area contributed by atoms with Crippen molar-refractivity contribution < 1.29 is 28.6 Å². The number of carbonyl (C=O) groups is 3. The highest BCUT2D eigenvalue weighted by Gasteiger charge is 2.19. The minimum Gasteiger partial charge on any atom is -0.462 e. The first-order valence-electron chi connectivity index (χ1n) is 36.4. The van der Waals surface area contributed by atoms with Gasteiger partial charge in [-0.05, 0) is 89.9 Å². The molecule has 0 aromatic heterocycles. The maximum Gasteiger partial charge on any atom is 0.306 e. The van der Waals surface area contributed by atoms with Crippen molar-refractivity contribution in [3.8, 4) is 0 Å². The lowest BCUT2D eigenvalue weighted by Gasteiger charge is -2.18. The van der Waals surface area contributed by atoms with Crippen LogP contribution in [0, 0.1) is 0 Å². The molecule has 1 unspecified atom stereocenters. The zero-order valence-electron chi connectivity index (χ0n) is 55.5. The molecule has 6 heteroatoms. The Morgan fingerprint density at radius 1 is 0.253 bits per heavy atom. The molecule has 6 nitrogen and oxygen atoms in total. The Labute approximate surface area is 516 Å². The predicted molar refractivity (Wildman–Crippen MR) is 362 cm³/mol. The van der Waals surface area contributed by atoms with Gasteiger partial charge in [-0.1, -0.05) is 344 Å². The Bertz CT molecular complexity index is 1520. The molecule has 0 N–H and O–H groups in total. The minimum atomic E-state index is -0.782. The smallest absolute Gasteiger partial charge is 0.306 e. The summed E-state index contributed by atoms with van der Waals surface area (Å²) in [5.74, 6) is -0.866. The van der Waals surface area contributed by atoms with Gasteiger partial charge in [0.2, 0.25) is 0 Å². The number of carbonyl (C=O) groups excluding carboxylic acids is 3. The van der Waals surface area contributed by atoms with E-state index in [0.29, 0.717) is 19.3 Å². The van der Waals surface area contributed by atoms with Gasteiger partial charge in [-0.2, -0.15) is 0 Å². The van der Waals surface area contributed by atoms with Gasteiger partial charge in [0.1, 0.15) is 13.2 Å². The molecule has 0 radical (unpaired) electrons. The van der Waals surface area contributed by atoms with E-state index in [1.54, 1.807) is 0 Å². The molecule has 0 heterocycles. The van der Waals surface area contributed by atoms with E-state index in [1.165, 1.54) is 238 Å². The summed E-state index contributed by atoms with van der Waals surface area (Å²) >= 11 is 0. The summed E-state index contributed by atoms with van der Waals surface area (Å²) in [6, 6.07) is 0. The van der Waals surface area contributed by atoms with Gasteiger partial charge in [0.05, 0.1) is 0 Å². The van der Waals surface area contributed by atoms with E-state index in [1.807, 2.05) is 0 Å². The molecule has 0 bridgehead atoms. The van der Waals surface area contributed by atoms with E-state index in [4.69, 9.17) is 14.2 Å². The molecule has 0 aromatic carbocycles. The lowest BCUT2D eigenvalue weighted by atomic mass is 10.0. The SMILES string of the molecule is CC/C=C\C/C=C\C/C=C\C/C=C\CCCCCCCCC(=O)OC(COC(=O)CCCCCCCCCCCCCCCCC)COC(=O)CCCCCCCCCCCCCCCCCCCCC/C=C\C/C=C\CCCCCCC. The van der Waals surface area contributed by atoms with Gasteiger partial charge in [0, 0.05) is 19.3 Å². The van der Waals surface area contributed by atoms with E-state index in [9.17, 15) is 14.4 Å². The van der Waals surface area contributed by atoms with E-state index in [-0.39, 0.29) is 31.1 Å². The number of hydrogen-bond acceptors (Lipinski definition) is 6. The van der Waals surface area contributed by atoms with Crippen LogP contribution in [0.2, 0.25) is 0 Å². The monoisotopic (exact) mass is 1160 g/mol. The van der Waals surface area contributed by atoms with Crippen molar-refractivity contribution in [1.29, 1.82) is 0 Å². The maximum absolute atomic E-state index is 12.9. The molecular formula is C77H138O6. The Balaban J connectivity index is 4.22. The van der Waals surface area contributed by atoms with Gasteiger partial charge >= 0.3 is 17.9 Å². The summed E-state index contributed by atoms with van der Waals surface area (Å²) in [6.45, 7) is 6.57. The Morgan fingerprint density at radius 3 is 0.735 bits per heavy atom. The molecule has 0 aliphatic heterocycles. The second kappa shape index (κ2) is 71.3. The second-order valence-corrected chi connectivity index (χ2v) is 24.5. The molecule has 0 amide bonds. The fourth-order valence-corrected chi connectivity index (χ4v) is 10.8. The molecule has 482 valence electrons. The summed E-state index contributed by atoms with van der Waals surface area (Å²) < 4.78 is 17.0. The number of rotatable bonds is 67. The third-order valence-electron chi connectivity index (χ3n) is 16.2. The van der Waals surface area contributed by atoms with Gasteiger partial charge in [0.15, 0.2) is 6.10 Å². The number of esters is 3. The van der Waals surface area contributed by atoms with E-state index in [0.717, 1.165) is 103 Å². The van der Waals surface area contributed by atoms with Crippen LogP contribution >= 0.6 is 0 Å². The van der Waals surface area contributed by atoms with Crippen LogP contribution in [0.25, 0.3) is 0 Å². The van der Waals surface area contributed by atoms with Crippen LogP contribution in [-0.4, -0.2) is 37.2 Å². The van der Waals surface area contributed by atoms with Gasteiger partial charge in [-0.25, -0.2) is 0 Å². The average molecular weight is 1160 g/mol. The largest absolute Gasteiger partial charge is 0.462 e. The zero-order chi connectivity index (χ0) is 59.9. The summed E-state index contributed by atoms with van der Waals surface area (Å²) in [5.41, 5.74) is 0. The highest BCUT2D eigenvalue weighted by atomic mass is 16.6. The molecule has 0 rings (SSSR count). The Kier molecular flexibility index (Phi) is 68.6. The van der Waals surface area contributed by atoms with Crippen LogP contribution in [0.4, 0.5) is 0 Å². The normalized spacial score (nSPS) is 12.5. The van der Waals surface area contributed by atoms with Crippen molar-refractivity contribution in [3.63, 3.8) is 0 Å². The van der Waals surface area contributed by atoms with Gasteiger partial charge in [-0.3, -0.25) is 14.4 Å². The van der Waals surface area contributed by atoms with E-state index < -0.39 is 6.10 Å². The summed E-state index contributed by atoms with van der Waals surface area (Å²) in [5, 5.41) is 0. The van der Waals surface area contributed by atoms with E-state index in [2.05, 4.69) is 93.7 Å². The van der Waals surface area contributed by atoms with Crippen molar-refractivity contribution in [1.82, 2.24) is 0 Å². The average Bonchev–Trinajstić information content (AvgIpc) is 3.49. The molecule has 0 saturated heterocycles. The van der Waals surface area contributed by atoms with Gasteiger partial charge < -0.3 is 14.2 Å². The first-order valence-corrected chi connectivity index (χ1v) is 36.4. The van der Waals surface area contributed by atoms with Gasteiger partial charge in [0.25, 0.3) is 0 Å². The van der Waals surface area contributed by atoms with Crippen LogP contribution < -0.4 is 0 Å². The van der Waals surface area contributed by atoms with Crippen molar-refractivity contribution in [2.45, 2.75) is 386 Å². The third-order valence-corrected chi connectivity index (χ3v) is 16.2. The van der Waals surface area contributed by atoms with Crippen LogP contribution in [0.5, 0.6) is 0 Å². The summed E-state index contributed by atoms with van der Waals surface area (Å²) in [4.78, 5) is 38.5. The van der Waals surface area contributed by atoms with Crippen molar-refractivity contribution >= 4 is 17.9 Å². The second-order valence-electron chi connectivity index (χ2n) is 24.5. The van der Waals surface area contributed by atoms with Crippen LogP contribution in [0.15, 0.2) is 72.9 Å². The lowest BCUT2D eigenvalue weighted by molar-refractivity contribution is -0.167. The van der Waals surface area contributed by atoms with Crippen LogP contribution in [0.3, 0.4) is 0 Å². The molecule has 0 aliphatic rings. The fraction of sp³-hybridized carbons (Fsp3) is 0.805. The van der Waals surface area contributed by atoms with Gasteiger partial charge in [-0.15, -0.1) is 0 Å². The lowest BCUT2D eigenvalue weighted by Crippen LogP contribution is -2.30. The predicted octanol–water partition coefficient (Wildman–Crippen LogP) is 25.2. The highest BCUT2D eigenvalue weighted by molar-refractivity contribution is 5.71. The van der Waals surface area contributed by atoms with Crippen molar-refractivity contribution in [2.24, 2.45) is 0 Å². The number of allylic oxidation sites excluding steroid dienone is 12. The Hall–Kier alpha value is -3.15. The molecule has 1 atom stereocenters. The summed E-state index contributed by atoms with van der Waals surface area (Å²) in [6.07, 6.45) is 93.7. The third kappa shape index (κ3) is 69.5. The van der Waals surface area contributed by atoms with Crippen LogP contribution in [-0.2, 0) is 28.6 Å². The first kappa shape index (κ1) is 79.8. The molecule has 0 aromatic rings. The summed E-state index contributed by atoms with van der Waals surface area (Å²) in [7, 11) is 0. The van der Waals surface area contributed by atoms with Crippen molar-refractivity contribution in [2.75, 3.05) is 13.2 Å². The minimum absolute atomic E-state index is 0.0763. The molecule has 0 aliphatic carbocycles. The number of hydrogen-bond donors (Lipinski definition) is 0. The topological polar surface area (TPSA) is 78.9 Å². The molecule has 83 heavy (non-hydrogen) atoms. The molecular weight excluding hydrogens is 1020 g/mol. The highest BCUT2D eigenvalue weighted by Crippen LogP contribution is 2.18. The first-order chi connectivity index (χ1) is 41.0. The molecule has 0 saturated carbocycles.